The summed E-state index contributed by atoms with van der Waals surface area (Å²) >= 11 is 0. The Bertz CT molecular complexity index is 854. The highest BCUT2D eigenvalue weighted by Crippen LogP contribution is 2.28. The summed E-state index contributed by atoms with van der Waals surface area (Å²) in [5, 5.41) is 0. The second-order valence-corrected chi connectivity index (χ2v) is 8.50. The summed E-state index contributed by atoms with van der Waals surface area (Å²) in [5.41, 5.74) is 4.67. The van der Waals surface area contributed by atoms with E-state index in [2.05, 4.69) is 36.9 Å². The molecule has 0 amide bonds. The quantitative estimate of drug-likeness (QED) is 0.841. The number of hydrogen-bond donors (Lipinski definition) is 0. The minimum atomic E-state index is -3.42. The maximum atomic E-state index is 12.9. The zero-order chi connectivity index (χ0) is 18.0. The molecule has 0 aromatic heterocycles. The Morgan fingerprint density at radius 2 is 1.52 bits per heavy atom. The summed E-state index contributed by atoms with van der Waals surface area (Å²) in [6.07, 6.45) is 0.985. The first-order valence-corrected chi connectivity index (χ1v) is 10.3. The van der Waals surface area contributed by atoms with Gasteiger partial charge >= 0.3 is 0 Å². The maximum absolute atomic E-state index is 12.9. The Balaban J connectivity index is 1.80. The molecule has 1 saturated heterocycles. The number of nitrogens with zero attached hydrogens (tertiary/aromatic N) is 2. The van der Waals surface area contributed by atoms with Crippen LogP contribution in [0.4, 0.5) is 5.69 Å². The van der Waals surface area contributed by atoms with Crippen LogP contribution in [-0.4, -0.2) is 38.9 Å². The third-order valence-electron chi connectivity index (χ3n) is 4.97. The van der Waals surface area contributed by atoms with Gasteiger partial charge in [-0.1, -0.05) is 43.3 Å². The van der Waals surface area contributed by atoms with Crippen molar-refractivity contribution in [2.45, 2.75) is 32.1 Å². The van der Waals surface area contributed by atoms with Gasteiger partial charge in [0.2, 0.25) is 10.0 Å². The van der Waals surface area contributed by atoms with E-state index in [1.807, 2.05) is 19.1 Å². The van der Waals surface area contributed by atoms with Gasteiger partial charge in [0, 0.05) is 31.9 Å². The molecule has 3 rings (SSSR count). The molecule has 0 N–H and O–H groups in total. The SMILES string of the molecule is CCc1cccc(C)c1N1CCN(S(=O)(=O)c2ccccc2C)CC1. The van der Waals surface area contributed by atoms with Crippen molar-refractivity contribution in [2.75, 3.05) is 31.1 Å². The molecular formula is C20H26N2O2S. The lowest BCUT2D eigenvalue weighted by molar-refractivity contribution is 0.384. The Morgan fingerprint density at radius 1 is 0.880 bits per heavy atom. The summed E-state index contributed by atoms with van der Waals surface area (Å²) in [5.74, 6) is 0. The van der Waals surface area contributed by atoms with Gasteiger partial charge in [-0.25, -0.2) is 8.42 Å². The molecule has 1 heterocycles. The van der Waals surface area contributed by atoms with Crippen LogP contribution in [0.2, 0.25) is 0 Å². The third kappa shape index (κ3) is 3.44. The fourth-order valence-electron chi connectivity index (χ4n) is 3.59. The van der Waals surface area contributed by atoms with Crippen LogP contribution in [0.25, 0.3) is 0 Å². The minimum Gasteiger partial charge on any atom is -0.368 e. The van der Waals surface area contributed by atoms with Gasteiger partial charge in [0.25, 0.3) is 0 Å². The second kappa shape index (κ2) is 7.18. The van der Waals surface area contributed by atoms with E-state index in [4.69, 9.17) is 0 Å². The predicted molar refractivity (Wildman–Crippen MR) is 103 cm³/mol. The van der Waals surface area contributed by atoms with Crippen LogP contribution < -0.4 is 4.90 Å². The van der Waals surface area contributed by atoms with Gasteiger partial charge in [-0.2, -0.15) is 4.31 Å². The smallest absolute Gasteiger partial charge is 0.243 e. The van der Waals surface area contributed by atoms with Crippen LogP contribution in [0.15, 0.2) is 47.4 Å². The molecule has 5 heteroatoms. The van der Waals surface area contributed by atoms with Crippen molar-refractivity contribution in [1.29, 1.82) is 0 Å². The fraction of sp³-hybridized carbons (Fsp3) is 0.400. The molecule has 134 valence electrons. The topological polar surface area (TPSA) is 40.6 Å². The molecule has 25 heavy (non-hydrogen) atoms. The first kappa shape index (κ1) is 18.0. The highest BCUT2D eigenvalue weighted by atomic mass is 32.2. The Labute approximate surface area is 151 Å². The van der Waals surface area contributed by atoms with E-state index in [1.165, 1.54) is 16.8 Å². The van der Waals surface area contributed by atoms with Crippen molar-refractivity contribution in [1.82, 2.24) is 4.31 Å². The predicted octanol–water partition coefficient (Wildman–Crippen LogP) is 3.38. The van der Waals surface area contributed by atoms with Crippen molar-refractivity contribution in [3.05, 3.63) is 59.2 Å². The van der Waals surface area contributed by atoms with Gasteiger partial charge in [-0.3, -0.25) is 0 Å². The molecule has 1 aliphatic heterocycles. The van der Waals surface area contributed by atoms with Crippen LogP contribution >= 0.6 is 0 Å². The van der Waals surface area contributed by atoms with E-state index in [9.17, 15) is 8.42 Å². The lowest BCUT2D eigenvalue weighted by Crippen LogP contribution is -2.49. The van der Waals surface area contributed by atoms with Crippen LogP contribution in [0, 0.1) is 13.8 Å². The van der Waals surface area contributed by atoms with E-state index in [1.54, 1.807) is 16.4 Å². The molecule has 0 aliphatic carbocycles. The van der Waals surface area contributed by atoms with Crippen LogP contribution in [0.3, 0.4) is 0 Å². The van der Waals surface area contributed by atoms with Crippen LogP contribution in [0.1, 0.15) is 23.6 Å². The second-order valence-electron chi connectivity index (χ2n) is 6.59. The fourth-order valence-corrected chi connectivity index (χ4v) is 5.24. The number of rotatable bonds is 4. The van der Waals surface area contributed by atoms with Gasteiger partial charge in [-0.15, -0.1) is 0 Å². The third-order valence-corrected chi connectivity index (χ3v) is 7.03. The number of aryl methyl sites for hydroxylation is 3. The van der Waals surface area contributed by atoms with Gasteiger partial charge in [0.15, 0.2) is 0 Å². The van der Waals surface area contributed by atoms with Gasteiger partial charge in [0.05, 0.1) is 4.90 Å². The van der Waals surface area contributed by atoms with E-state index in [0.717, 1.165) is 25.1 Å². The maximum Gasteiger partial charge on any atom is 0.243 e. The first-order chi connectivity index (χ1) is 11.9. The molecule has 0 unspecified atom stereocenters. The molecule has 2 aromatic carbocycles. The number of para-hydroxylation sites is 1. The monoisotopic (exact) mass is 358 g/mol. The van der Waals surface area contributed by atoms with Crippen molar-refractivity contribution in [3.63, 3.8) is 0 Å². The minimum absolute atomic E-state index is 0.425. The summed E-state index contributed by atoms with van der Waals surface area (Å²) in [7, 11) is -3.42. The standard InChI is InChI=1S/C20H26N2O2S/c1-4-18-10-7-9-17(3)20(18)21-12-14-22(15-13-21)25(23,24)19-11-6-5-8-16(19)2/h5-11H,4,12-15H2,1-3H3. The van der Waals surface area contributed by atoms with E-state index >= 15 is 0 Å². The summed E-state index contributed by atoms with van der Waals surface area (Å²) in [4.78, 5) is 2.76. The van der Waals surface area contributed by atoms with Crippen molar-refractivity contribution < 1.29 is 8.42 Å². The molecule has 1 aliphatic rings. The molecule has 0 atom stereocenters. The zero-order valence-electron chi connectivity index (χ0n) is 15.2. The van der Waals surface area contributed by atoms with Crippen molar-refractivity contribution >= 4 is 15.7 Å². The normalized spacial score (nSPS) is 16.2. The Hall–Kier alpha value is -1.85. The highest BCUT2D eigenvalue weighted by molar-refractivity contribution is 7.89. The summed E-state index contributed by atoms with van der Waals surface area (Å²) in [6.45, 7) is 8.64. The molecule has 0 radical (unpaired) electrons. The van der Waals surface area contributed by atoms with Gasteiger partial charge in [0.1, 0.15) is 0 Å². The lowest BCUT2D eigenvalue weighted by Gasteiger charge is -2.37. The number of piperazine rings is 1. The molecule has 4 nitrogen and oxygen atoms in total. The highest BCUT2D eigenvalue weighted by Gasteiger charge is 2.30. The number of anilines is 1. The van der Waals surface area contributed by atoms with E-state index in [0.29, 0.717) is 18.0 Å². The van der Waals surface area contributed by atoms with Crippen LogP contribution in [-0.2, 0) is 16.4 Å². The first-order valence-electron chi connectivity index (χ1n) is 8.84. The van der Waals surface area contributed by atoms with Gasteiger partial charge in [-0.05, 0) is 43.0 Å². The average molecular weight is 359 g/mol. The summed E-state index contributed by atoms with van der Waals surface area (Å²) in [6, 6.07) is 13.6. The zero-order valence-corrected chi connectivity index (χ0v) is 16.0. The largest absolute Gasteiger partial charge is 0.368 e. The number of benzene rings is 2. The Kier molecular flexibility index (Phi) is 5.16. The van der Waals surface area contributed by atoms with E-state index < -0.39 is 10.0 Å². The number of sulfonamides is 1. The molecule has 0 bridgehead atoms. The number of hydrogen-bond acceptors (Lipinski definition) is 3. The molecular weight excluding hydrogens is 332 g/mol. The average Bonchev–Trinajstić information content (AvgIpc) is 2.62. The molecule has 0 saturated carbocycles. The summed E-state index contributed by atoms with van der Waals surface area (Å²) < 4.78 is 27.5. The molecule has 1 fully saturated rings. The van der Waals surface area contributed by atoms with Crippen molar-refractivity contribution in [3.8, 4) is 0 Å². The van der Waals surface area contributed by atoms with Crippen molar-refractivity contribution in [2.24, 2.45) is 0 Å². The van der Waals surface area contributed by atoms with Gasteiger partial charge < -0.3 is 4.90 Å². The van der Waals surface area contributed by atoms with Crippen LogP contribution in [0.5, 0.6) is 0 Å². The molecule has 0 spiro atoms. The lowest BCUT2D eigenvalue weighted by atomic mass is 10.0. The van der Waals surface area contributed by atoms with E-state index in [-0.39, 0.29) is 0 Å². The Morgan fingerprint density at radius 3 is 2.16 bits per heavy atom. The molecule has 2 aromatic rings.